The number of unbranched alkanes of at least 4 members (excludes halogenated alkanes) is 3. The van der Waals surface area contributed by atoms with Crippen LogP contribution >= 0.6 is 0 Å². The Bertz CT molecular complexity index is 2660. The molecule has 11 atom stereocenters. The summed E-state index contributed by atoms with van der Waals surface area (Å²) in [5, 5.41) is 27.2. The van der Waals surface area contributed by atoms with Crippen molar-refractivity contribution in [1.29, 1.82) is 0 Å². The van der Waals surface area contributed by atoms with Gasteiger partial charge in [-0.15, -0.1) is 0 Å². The lowest BCUT2D eigenvalue weighted by atomic mass is 9.98. The summed E-state index contributed by atoms with van der Waals surface area (Å²) >= 11 is 0. The summed E-state index contributed by atoms with van der Waals surface area (Å²) in [6.07, 6.45) is 3.70. The smallest absolute Gasteiger partial charge is 0.243 e. The molecule has 0 bridgehead atoms. The lowest BCUT2D eigenvalue weighted by Crippen LogP contribution is -2.61. The lowest BCUT2D eigenvalue weighted by molar-refractivity contribution is -0.136. The molecular weight excluding hydrogens is 1240 g/mol. The first-order chi connectivity index (χ1) is 45.3. The second kappa shape index (κ2) is 46.8. The molecule has 1 aromatic carbocycles. The Kier molecular flexibility index (Phi) is 41.8. The maximum Gasteiger partial charge on any atom is 0.243 e. The predicted molar refractivity (Wildman–Crippen MR) is 369 cm³/mol. The monoisotopic (exact) mass is 1360 g/mol. The number of primary amides is 1. The highest BCUT2D eigenvalue weighted by Crippen LogP contribution is 2.15. The van der Waals surface area contributed by atoms with Crippen molar-refractivity contribution in [3.8, 4) is 0 Å². The van der Waals surface area contributed by atoms with E-state index in [1.54, 1.807) is 58.0 Å². The molecular formula is C64H117N21O11. The van der Waals surface area contributed by atoms with Crippen molar-refractivity contribution in [2.24, 2.45) is 85.3 Å². The molecule has 32 nitrogen and oxygen atoms in total. The summed E-state index contributed by atoms with van der Waals surface area (Å²) in [5.74, 6) is -9.78. The SMILES string of the molecule is CC(C)C[C@H](NC(=O)[C@H](CCCCN)NC(=O)[C@H](CCCCN)NC(=O)[C@@H](N)C(C)C)C(=O)N[C@@H](C)C(=O)N[C@@H](CCCCN)C(=O)N[C@@H](CC(C)C)C(=O)N[C@H](C(=O)N[C@@H](CCCN=C(N)N)C(=O)N[C@@H](CCCN=C(N)N)C(=O)N[C@@H](Cc1ccccc1)C(N)=O)C(C)C. The number of hydrogen-bond donors (Lipinski definition) is 19. The fourth-order valence-corrected chi connectivity index (χ4v) is 9.97. The van der Waals surface area contributed by atoms with Crippen molar-refractivity contribution < 1.29 is 52.7 Å². The van der Waals surface area contributed by atoms with Crippen LogP contribution in [-0.2, 0) is 59.2 Å². The van der Waals surface area contributed by atoms with Gasteiger partial charge < -0.3 is 105 Å². The third-order valence-corrected chi connectivity index (χ3v) is 15.5. The summed E-state index contributed by atoms with van der Waals surface area (Å²) in [6.45, 7) is 16.5. The maximum absolute atomic E-state index is 14.5. The Hall–Kier alpha value is -8.23. The summed E-state index contributed by atoms with van der Waals surface area (Å²) in [7, 11) is 0. The van der Waals surface area contributed by atoms with E-state index < -0.39 is 137 Å². The van der Waals surface area contributed by atoms with Crippen LogP contribution < -0.4 is 105 Å². The molecule has 0 aliphatic carbocycles. The van der Waals surface area contributed by atoms with Crippen LogP contribution in [0.3, 0.4) is 0 Å². The number of rotatable bonds is 49. The molecule has 0 radical (unpaired) electrons. The molecule has 0 unspecified atom stereocenters. The predicted octanol–water partition coefficient (Wildman–Crippen LogP) is -3.19. The maximum atomic E-state index is 14.5. The van der Waals surface area contributed by atoms with E-state index >= 15 is 0 Å². The van der Waals surface area contributed by atoms with Gasteiger partial charge in [-0.2, -0.15) is 0 Å². The van der Waals surface area contributed by atoms with E-state index in [1.165, 1.54) is 6.92 Å². The van der Waals surface area contributed by atoms with Gasteiger partial charge in [0.2, 0.25) is 65.0 Å². The number of nitrogens with zero attached hydrogens (tertiary/aromatic N) is 2. The van der Waals surface area contributed by atoms with Crippen LogP contribution in [-0.4, -0.2) is 176 Å². The second-order valence-corrected chi connectivity index (χ2v) is 25.8. The Balaban J connectivity index is 3.54. The second-order valence-electron chi connectivity index (χ2n) is 25.8. The van der Waals surface area contributed by atoms with Crippen molar-refractivity contribution in [2.75, 3.05) is 32.7 Å². The van der Waals surface area contributed by atoms with E-state index in [1.807, 2.05) is 27.7 Å². The first-order valence-electron chi connectivity index (χ1n) is 33.6. The molecule has 96 heavy (non-hydrogen) atoms. The van der Waals surface area contributed by atoms with E-state index in [9.17, 15) is 52.7 Å². The van der Waals surface area contributed by atoms with Gasteiger partial charge in [0.15, 0.2) is 11.9 Å². The summed E-state index contributed by atoms with van der Waals surface area (Å²) in [4.78, 5) is 162. The minimum absolute atomic E-state index is 0.0266. The van der Waals surface area contributed by atoms with Crippen LogP contribution in [0, 0.1) is 23.7 Å². The molecule has 1 rings (SSSR count). The molecule has 0 aliphatic rings. The highest BCUT2D eigenvalue weighted by atomic mass is 16.2. The van der Waals surface area contributed by atoms with Crippen molar-refractivity contribution in [3.63, 3.8) is 0 Å². The number of nitrogens with one attached hydrogen (secondary N) is 10. The molecule has 0 aromatic heterocycles. The van der Waals surface area contributed by atoms with E-state index in [-0.39, 0.29) is 114 Å². The highest BCUT2D eigenvalue weighted by Gasteiger charge is 2.37. The van der Waals surface area contributed by atoms with Crippen LogP contribution in [0.5, 0.6) is 0 Å². The van der Waals surface area contributed by atoms with E-state index in [0.717, 1.165) is 0 Å². The average Bonchev–Trinajstić information content (AvgIpc) is 0.874. The van der Waals surface area contributed by atoms with E-state index in [0.29, 0.717) is 57.2 Å². The van der Waals surface area contributed by atoms with Crippen LogP contribution in [0.4, 0.5) is 0 Å². The molecule has 32 heteroatoms. The molecule has 0 heterocycles. The topological polar surface area (TPSA) is 567 Å². The number of guanidine groups is 2. The van der Waals surface area contributed by atoms with Gasteiger partial charge in [0.25, 0.3) is 0 Å². The zero-order valence-corrected chi connectivity index (χ0v) is 58.0. The molecule has 0 fully saturated rings. The zero-order valence-electron chi connectivity index (χ0n) is 58.0. The van der Waals surface area contributed by atoms with Gasteiger partial charge in [-0.3, -0.25) is 62.7 Å². The third kappa shape index (κ3) is 35.0. The van der Waals surface area contributed by atoms with Crippen molar-refractivity contribution in [2.45, 2.75) is 232 Å². The lowest BCUT2D eigenvalue weighted by Gasteiger charge is -2.29. The molecule has 0 saturated heterocycles. The zero-order chi connectivity index (χ0) is 72.6. The Morgan fingerprint density at radius 2 is 0.688 bits per heavy atom. The van der Waals surface area contributed by atoms with E-state index in [4.69, 9.17) is 51.6 Å². The Labute approximate surface area is 566 Å². The van der Waals surface area contributed by atoms with Gasteiger partial charge in [0.05, 0.1) is 6.04 Å². The fourth-order valence-electron chi connectivity index (χ4n) is 9.97. The molecule has 0 aliphatic heterocycles. The minimum Gasteiger partial charge on any atom is -0.370 e. The van der Waals surface area contributed by atoms with Crippen LogP contribution in [0.25, 0.3) is 0 Å². The number of nitrogens with two attached hydrogens (primary N) is 9. The molecule has 28 N–H and O–H groups in total. The van der Waals surface area contributed by atoms with Gasteiger partial charge in [0, 0.05) is 19.5 Å². The molecule has 1 aromatic rings. The van der Waals surface area contributed by atoms with Crippen molar-refractivity contribution in [3.05, 3.63) is 35.9 Å². The molecule has 544 valence electrons. The average molecular weight is 1360 g/mol. The summed E-state index contributed by atoms with van der Waals surface area (Å²) in [6, 6.07) is -4.51. The van der Waals surface area contributed by atoms with Crippen molar-refractivity contribution in [1.82, 2.24) is 53.2 Å². The van der Waals surface area contributed by atoms with Crippen LogP contribution in [0.2, 0.25) is 0 Å². The third-order valence-electron chi connectivity index (χ3n) is 15.5. The Morgan fingerprint density at radius 3 is 1.03 bits per heavy atom. The largest absolute Gasteiger partial charge is 0.370 e. The number of aliphatic imine (C=N–C) groups is 2. The number of amides is 11. The number of carbonyl (C=O) groups is 11. The number of hydrogen-bond acceptors (Lipinski definition) is 17. The Morgan fingerprint density at radius 1 is 0.365 bits per heavy atom. The first-order valence-corrected chi connectivity index (χ1v) is 33.6. The quantitative estimate of drug-likeness (QED) is 0.0174. The fraction of sp³-hybridized carbons (Fsp3) is 0.703. The highest BCUT2D eigenvalue weighted by molar-refractivity contribution is 5.99. The number of benzene rings is 1. The van der Waals surface area contributed by atoms with Gasteiger partial charge >= 0.3 is 0 Å². The molecule has 0 spiro atoms. The van der Waals surface area contributed by atoms with Crippen LogP contribution in [0.1, 0.15) is 164 Å². The van der Waals surface area contributed by atoms with Crippen LogP contribution in [0.15, 0.2) is 40.3 Å². The summed E-state index contributed by atoms with van der Waals surface area (Å²) in [5.41, 5.74) is 52.0. The summed E-state index contributed by atoms with van der Waals surface area (Å²) < 4.78 is 0. The van der Waals surface area contributed by atoms with Gasteiger partial charge in [0.1, 0.15) is 60.4 Å². The van der Waals surface area contributed by atoms with Gasteiger partial charge in [-0.1, -0.05) is 85.7 Å². The number of carbonyl (C=O) groups excluding carboxylic acids is 11. The normalized spacial score (nSPS) is 14.7. The van der Waals surface area contributed by atoms with Gasteiger partial charge in [-0.25, -0.2) is 0 Å². The standard InChI is InChI=1S/C64H117N21O11/c1-36(2)33-48(83-58(92)43(24-14-17-29-66)78-54(88)44(25-15-18-30-67)80-61(95)50(68)38(5)6)59(93)76-40(9)53(87)77-42(23-13-16-28-65)57(91)84-49(34-37(3)4)60(94)85-51(39(7)8)62(96)81-46(27-20-32-75-64(72)73)55(89)79-45(26-19-31-74-63(70)71)56(90)82-47(52(69)86)35-41-21-11-10-12-22-41/h10-12,21-22,36-40,42-51H,13-20,23-35,65-68H2,1-9H3,(H2,69,86)(H,76,93)(H,77,87)(H,78,88)(H,79,89)(H,80,95)(H,81,96)(H,82,90)(H,83,92)(H,84,91)(H,85,94)(H4,70,71,74)(H4,72,73,75)/t40-,42-,43-,44-,45-,46-,47-,48-,49-,50-,51-/m0/s1. The van der Waals surface area contributed by atoms with Crippen molar-refractivity contribution >= 4 is 76.9 Å². The van der Waals surface area contributed by atoms with E-state index in [2.05, 4.69) is 63.2 Å². The molecule has 11 amide bonds. The first kappa shape index (κ1) is 85.8. The van der Waals surface area contributed by atoms with Gasteiger partial charge in [-0.05, 0) is 152 Å². The minimum atomic E-state index is -1.36. The molecule has 0 saturated carbocycles.